The summed E-state index contributed by atoms with van der Waals surface area (Å²) in [5, 5.41) is 0. The third kappa shape index (κ3) is 6.87. The maximum Gasteiger partial charge on any atom is 0.208 e. The Bertz CT molecular complexity index is 256. The number of hydrogen-bond acceptors (Lipinski definition) is 3. The van der Waals surface area contributed by atoms with Crippen LogP contribution >= 0.6 is 0 Å². The van der Waals surface area contributed by atoms with Crippen molar-refractivity contribution in [2.75, 3.05) is 19.4 Å². The van der Waals surface area contributed by atoms with E-state index in [1.54, 1.807) is 0 Å². The molecule has 0 aromatic carbocycles. The molecule has 1 rings (SSSR count). The van der Waals surface area contributed by atoms with Gasteiger partial charge in [0.25, 0.3) is 0 Å². The molecule has 0 amide bonds. The summed E-state index contributed by atoms with van der Waals surface area (Å²) in [6.07, 6.45) is 8.85. The van der Waals surface area contributed by atoms with E-state index in [1.165, 1.54) is 31.9 Å². The van der Waals surface area contributed by atoms with E-state index >= 15 is 0 Å². The zero-order valence-electron chi connectivity index (χ0n) is 9.37. The molecular formula is C10H21NO3S. The molecule has 0 aromatic rings. The summed E-state index contributed by atoms with van der Waals surface area (Å²) in [6.45, 7) is 0.868. The standard InChI is InChI=1S/C10H21NO3S/c1-15(12,13)11-8-9-14-10-6-4-2-3-5-7-10/h10-11H,2-9H2,1H3. The quantitative estimate of drug-likeness (QED) is 0.577. The van der Waals surface area contributed by atoms with Gasteiger partial charge >= 0.3 is 0 Å². The van der Waals surface area contributed by atoms with Gasteiger partial charge in [-0.1, -0.05) is 25.7 Å². The molecule has 4 nitrogen and oxygen atoms in total. The lowest BCUT2D eigenvalue weighted by Gasteiger charge is -2.15. The van der Waals surface area contributed by atoms with Gasteiger partial charge in [0.05, 0.1) is 19.0 Å². The highest BCUT2D eigenvalue weighted by atomic mass is 32.2. The van der Waals surface area contributed by atoms with Crippen molar-refractivity contribution < 1.29 is 13.2 Å². The fraction of sp³-hybridized carbons (Fsp3) is 1.00. The smallest absolute Gasteiger partial charge is 0.208 e. The fourth-order valence-corrected chi connectivity index (χ4v) is 2.32. The Morgan fingerprint density at radius 2 is 1.80 bits per heavy atom. The van der Waals surface area contributed by atoms with E-state index in [-0.39, 0.29) is 0 Å². The van der Waals surface area contributed by atoms with E-state index in [2.05, 4.69) is 4.72 Å². The third-order valence-electron chi connectivity index (χ3n) is 2.62. The molecule has 90 valence electrons. The van der Waals surface area contributed by atoms with E-state index in [9.17, 15) is 8.42 Å². The lowest BCUT2D eigenvalue weighted by molar-refractivity contribution is 0.0472. The summed E-state index contributed by atoms with van der Waals surface area (Å²) in [7, 11) is -3.06. The number of ether oxygens (including phenoxy) is 1. The normalized spacial score (nSPS) is 20.1. The monoisotopic (exact) mass is 235 g/mol. The van der Waals surface area contributed by atoms with Crippen LogP contribution in [0.1, 0.15) is 38.5 Å². The molecule has 1 fully saturated rings. The molecule has 0 bridgehead atoms. The molecule has 0 unspecified atom stereocenters. The Morgan fingerprint density at radius 3 is 2.33 bits per heavy atom. The minimum atomic E-state index is -3.06. The van der Waals surface area contributed by atoms with Gasteiger partial charge in [-0.3, -0.25) is 0 Å². The first-order valence-corrected chi connectivity index (χ1v) is 7.53. The van der Waals surface area contributed by atoms with E-state index in [4.69, 9.17) is 4.74 Å². The number of sulfonamides is 1. The maximum atomic E-state index is 10.8. The Balaban J connectivity index is 2.08. The van der Waals surface area contributed by atoms with Crippen molar-refractivity contribution in [1.29, 1.82) is 0 Å². The highest BCUT2D eigenvalue weighted by molar-refractivity contribution is 7.88. The fourth-order valence-electron chi connectivity index (χ4n) is 1.86. The molecule has 0 atom stereocenters. The first-order valence-electron chi connectivity index (χ1n) is 5.64. The minimum Gasteiger partial charge on any atom is -0.377 e. The molecule has 0 aliphatic heterocycles. The summed E-state index contributed by atoms with van der Waals surface area (Å²) in [5.74, 6) is 0. The van der Waals surface area contributed by atoms with E-state index in [0.717, 1.165) is 12.8 Å². The van der Waals surface area contributed by atoms with Crippen LogP contribution in [-0.4, -0.2) is 33.9 Å². The number of nitrogens with one attached hydrogen (secondary N) is 1. The van der Waals surface area contributed by atoms with Crippen LogP contribution in [0.5, 0.6) is 0 Å². The zero-order valence-corrected chi connectivity index (χ0v) is 10.2. The Morgan fingerprint density at radius 1 is 1.20 bits per heavy atom. The van der Waals surface area contributed by atoms with Crippen LogP contribution in [0.2, 0.25) is 0 Å². The molecule has 1 saturated carbocycles. The SMILES string of the molecule is CS(=O)(=O)NCCOC1CCCCCC1. The van der Waals surface area contributed by atoms with Crippen molar-refractivity contribution in [3.8, 4) is 0 Å². The molecule has 1 aliphatic carbocycles. The Labute approximate surface area is 92.4 Å². The lowest BCUT2D eigenvalue weighted by atomic mass is 10.1. The first-order chi connectivity index (χ1) is 7.08. The summed E-state index contributed by atoms with van der Waals surface area (Å²) in [5.41, 5.74) is 0. The zero-order chi connectivity index (χ0) is 11.1. The van der Waals surface area contributed by atoms with Gasteiger partial charge in [-0.15, -0.1) is 0 Å². The summed E-state index contributed by atoms with van der Waals surface area (Å²) < 4.78 is 29.6. The van der Waals surface area contributed by atoms with Gasteiger partial charge in [0.2, 0.25) is 10.0 Å². The van der Waals surface area contributed by atoms with Crippen LogP contribution < -0.4 is 4.72 Å². The molecule has 0 radical (unpaired) electrons. The van der Waals surface area contributed by atoms with Crippen LogP contribution in [0, 0.1) is 0 Å². The lowest BCUT2D eigenvalue weighted by Crippen LogP contribution is -2.27. The summed E-state index contributed by atoms with van der Waals surface area (Å²) in [4.78, 5) is 0. The van der Waals surface area contributed by atoms with Crippen molar-refractivity contribution in [2.45, 2.75) is 44.6 Å². The van der Waals surface area contributed by atoms with Gasteiger partial charge in [0.1, 0.15) is 0 Å². The van der Waals surface area contributed by atoms with Crippen molar-refractivity contribution in [1.82, 2.24) is 4.72 Å². The number of hydrogen-bond donors (Lipinski definition) is 1. The minimum absolute atomic E-state index is 0.342. The highest BCUT2D eigenvalue weighted by Gasteiger charge is 2.12. The van der Waals surface area contributed by atoms with Crippen molar-refractivity contribution in [3.05, 3.63) is 0 Å². The number of rotatable bonds is 5. The highest BCUT2D eigenvalue weighted by Crippen LogP contribution is 2.19. The second-order valence-corrected chi connectivity index (χ2v) is 5.98. The van der Waals surface area contributed by atoms with Crippen molar-refractivity contribution >= 4 is 10.0 Å². The first kappa shape index (κ1) is 12.9. The van der Waals surface area contributed by atoms with E-state index in [1.807, 2.05) is 0 Å². The predicted molar refractivity (Wildman–Crippen MR) is 60.3 cm³/mol. The molecule has 5 heteroatoms. The van der Waals surface area contributed by atoms with Gasteiger partial charge in [-0.25, -0.2) is 13.1 Å². The predicted octanol–water partition coefficient (Wildman–Crippen LogP) is 1.27. The summed E-state index contributed by atoms with van der Waals surface area (Å²) >= 11 is 0. The molecule has 0 spiro atoms. The van der Waals surface area contributed by atoms with Gasteiger partial charge in [-0.2, -0.15) is 0 Å². The average molecular weight is 235 g/mol. The van der Waals surface area contributed by atoms with Crippen LogP contribution in [-0.2, 0) is 14.8 Å². The van der Waals surface area contributed by atoms with Crippen LogP contribution in [0.15, 0.2) is 0 Å². The van der Waals surface area contributed by atoms with Crippen LogP contribution in [0.25, 0.3) is 0 Å². The van der Waals surface area contributed by atoms with Gasteiger partial charge in [-0.05, 0) is 12.8 Å². The molecule has 1 N–H and O–H groups in total. The molecule has 0 heterocycles. The topological polar surface area (TPSA) is 55.4 Å². The molecule has 1 aliphatic rings. The van der Waals surface area contributed by atoms with E-state index < -0.39 is 10.0 Å². The Hall–Kier alpha value is -0.130. The van der Waals surface area contributed by atoms with Gasteiger partial charge < -0.3 is 4.74 Å². The van der Waals surface area contributed by atoms with Gasteiger partial charge in [0.15, 0.2) is 0 Å². The maximum absolute atomic E-state index is 10.8. The van der Waals surface area contributed by atoms with Crippen molar-refractivity contribution in [2.24, 2.45) is 0 Å². The van der Waals surface area contributed by atoms with Crippen LogP contribution in [0.3, 0.4) is 0 Å². The molecule has 0 aromatic heterocycles. The van der Waals surface area contributed by atoms with Gasteiger partial charge in [0, 0.05) is 6.54 Å². The van der Waals surface area contributed by atoms with Crippen molar-refractivity contribution in [3.63, 3.8) is 0 Å². The molecule has 0 saturated heterocycles. The molecule has 15 heavy (non-hydrogen) atoms. The largest absolute Gasteiger partial charge is 0.377 e. The third-order valence-corrected chi connectivity index (χ3v) is 3.35. The van der Waals surface area contributed by atoms with E-state index in [0.29, 0.717) is 19.3 Å². The Kier molecular flexibility index (Phi) is 5.56. The second kappa shape index (κ2) is 6.45. The average Bonchev–Trinajstić information content (AvgIpc) is 2.39. The molecular weight excluding hydrogens is 214 g/mol. The second-order valence-electron chi connectivity index (χ2n) is 4.15. The summed E-state index contributed by atoms with van der Waals surface area (Å²) in [6, 6.07) is 0. The van der Waals surface area contributed by atoms with Crippen LogP contribution in [0.4, 0.5) is 0 Å².